The molecule has 0 bridgehead atoms. The monoisotopic (exact) mass is 258 g/mol. The Kier molecular flexibility index (Phi) is 2.34. The van der Waals surface area contributed by atoms with Crippen molar-refractivity contribution in [2.75, 3.05) is 0 Å². The van der Waals surface area contributed by atoms with E-state index in [4.69, 9.17) is 23.2 Å². The molecule has 2 aromatic heterocycles. The first-order chi connectivity index (χ1) is 7.25. The molecule has 1 aliphatic carbocycles. The molecule has 2 aromatic rings. The standard InChI is InChI=1S/C10H8Cl2N2S/c11-8-7-5-3-1-2-4-6(5)15-9(7)14-10(12)13-8/h1-4H2. The summed E-state index contributed by atoms with van der Waals surface area (Å²) in [5, 5.41) is 1.77. The number of hydrogen-bond donors (Lipinski definition) is 0. The molecule has 0 atom stereocenters. The third-order valence-corrected chi connectivity index (χ3v) is 4.37. The number of aromatic nitrogens is 2. The van der Waals surface area contributed by atoms with Crippen molar-refractivity contribution in [3.05, 3.63) is 20.9 Å². The maximum absolute atomic E-state index is 6.11. The van der Waals surface area contributed by atoms with Crippen molar-refractivity contribution in [3.63, 3.8) is 0 Å². The number of nitrogens with zero attached hydrogens (tertiary/aromatic N) is 2. The second kappa shape index (κ2) is 3.58. The second-order valence-corrected chi connectivity index (χ2v) is 5.45. The van der Waals surface area contributed by atoms with Crippen molar-refractivity contribution < 1.29 is 0 Å². The normalized spacial score (nSPS) is 15.6. The van der Waals surface area contributed by atoms with E-state index in [0.29, 0.717) is 5.15 Å². The smallest absolute Gasteiger partial charge is 0.207 e. The molecule has 15 heavy (non-hydrogen) atoms. The van der Waals surface area contributed by atoms with Crippen LogP contribution in [0.15, 0.2) is 0 Å². The first-order valence-electron chi connectivity index (χ1n) is 4.89. The first kappa shape index (κ1) is 9.82. The van der Waals surface area contributed by atoms with E-state index < -0.39 is 0 Å². The number of halogens is 2. The van der Waals surface area contributed by atoms with Crippen molar-refractivity contribution in [1.82, 2.24) is 9.97 Å². The van der Waals surface area contributed by atoms with Crippen LogP contribution in [0.4, 0.5) is 0 Å². The minimum absolute atomic E-state index is 0.242. The minimum Gasteiger partial charge on any atom is -0.207 e. The van der Waals surface area contributed by atoms with Gasteiger partial charge in [0, 0.05) is 4.88 Å². The highest BCUT2D eigenvalue weighted by molar-refractivity contribution is 7.19. The lowest BCUT2D eigenvalue weighted by molar-refractivity contribution is 0.700. The van der Waals surface area contributed by atoms with Crippen LogP contribution in [0.1, 0.15) is 23.3 Å². The van der Waals surface area contributed by atoms with Gasteiger partial charge in [-0.05, 0) is 42.8 Å². The fourth-order valence-corrected chi connectivity index (χ4v) is 3.95. The topological polar surface area (TPSA) is 25.8 Å². The van der Waals surface area contributed by atoms with E-state index in [1.54, 1.807) is 11.3 Å². The van der Waals surface area contributed by atoms with Gasteiger partial charge in [-0.15, -0.1) is 11.3 Å². The van der Waals surface area contributed by atoms with Gasteiger partial charge in [0.05, 0.1) is 5.39 Å². The maximum atomic E-state index is 6.11. The molecule has 78 valence electrons. The summed E-state index contributed by atoms with van der Waals surface area (Å²) in [6.45, 7) is 0. The molecular weight excluding hydrogens is 251 g/mol. The molecule has 3 rings (SSSR count). The molecule has 0 saturated carbocycles. The minimum atomic E-state index is 0.242. The van der Waals surface area contributed by atoms with Gasteiger partial charge in [-0.1, -0.05) is 11.6 Å². The molecule has 0 saturated heterocycles. The van der Waals surface area contributed by atoms with Gasteiger partial charge in [0.15, 0.2) is 0 Å². The molecular formula is C10H8Cl2N2S. The van der Waals surface area contributed by atoms with Crippen LogP contribution < -0.4 is 0 Å². The predicted octanol–water partition coefficient (Wildman–Crippen LogP) is 3.88. The van der Waals surface area contributed by atoms with Crippen molar-refractivity contribution in [2.45, 2.75) is 25.7 Å². The summed E-state index contributed by atoms with van der Waals surface area (Å²) >= 11 is 13.6. The van der Waals surface area contributed by atoms with Gasteiger partial charge in [0.25, 0.3) is 0 Å². The van der Waals surface area contributed by atoms with E-state index in [2.05, 4.69) is 9.97 Å². The first-order valence-corrected chi connectivity index (χ1v) is 6.46. The van der Waals surface area contributed by atoms with Crippen LogP contribution in [0, 0.1) is 0 Å². The molecule has 2 nitrogen and oxygen atoms in total. The largest absolute Gasteiger partial charge is 0.225 e. The van der Waals surface area contributed by atoms with Gasteiger partial charge >= 0.3 is 0 Å². The fourth-order valence-electron chi connectivity index (χ4n) is 2.09. The molecule has 0 N–H and O–H groups in total. The SMILES string of the molecule is Clc1nc(Cl)c2c3c(sc2n1)CCCC3. The van der Waals surface area contributed by atoms with Crippen molar-refractivity contribution >= 4 is 44.8 Å². The number of hydrogen-bond acceptors (Lipinski definition) is 3. The van der Waals surface area contributed by atoms with Crippen LogP contribution in [-0.2, 0) is 12.8 Å². The van der Waals surface area contributed by atoms with Crippen molar-refractivity contribution in [1.29, 1.82) is 0 Å². The third-order valence-electron chi connectivity index (χ3n) is 2.74. The third kappa shape index (κ3) is 1.53. The molecule has 0 amide bonds. The van der Waals surface area contributed by atoms with E-state index in [1.165, 1.54) is 23.3 Å². The van der Waals surface area contributed by atoms with Crippen LogP contribution in [0.3, 0.4) is 0 Å². The summed E-state index contributed by atoms with van der Waals surface area (Å²) in [6.07, 6.45) is 4.74. The highest BCUT2D eigenvalue weighted by Gasteiger charge is 2.19. The summed E-state index contributed by atoms with van der Waals surface area (Å²) in [4.78, 5) is 10.6. The molecule has 0 aromatic carbocycles. The Morgan fingerprint density at radius 2 is 1.87 bits per heavy atom. The highest BCUT2D eigenvalue weighted by Crippen LogP contribution is 2.38. The number of fused-ring (bicyclic) bond motifs is 3. The molecule has 0 fully saturated rings. The highest BCUT2D eigenvalue weighted by atomic mass is 35.5. The summed E-state index contributed by atoms with van der Waals surface area (Å²) in [5.41, 5.74) is 1.35. The Balaban J connectivity index is 2.37. The van der Waals surface area contributed by atoms with E-state index >= 15 is 0 Å². The Morgan fingerprint density at radius 1 is 1.07 bits per heavy atom. The average molecular weight is 259 g/mol. The van der Waals surface area contributed by atoms with Crippen molar-refractivity contribution in [3.8, 4) is 0 Å². The molecule has 0 radical (unpaired) electrons. The van der Waals surface area contributed by atoms with Crippen LogP contribution in [0.5, 0.6) is 0 Å². The summed E-state index contributed by atoms with van der Waals surface area (Å²) in [6, 6.07) is 0. The van der Waals surface area contributed by atoms with Crippen molar-refractivity contribution in [2.24, 2.45) is 0 Å². The van der Waals surface area contributed by atoms with Crippen LogP contribution in [-0.4, -0.2) is 9.97 Å². The molecule has 0 spiro atoms. The number of rotatable bonds is 0. The predicted molar refractivity (Wildman–Crippen MR) is 64.1 cm³/mol. The summed E-state index contributed by atoms with van der Waals surface area (Å²) < 4.78 is 0. The van der Waals surface area contributed by atoms with Gasteiger partial charge in [0.2, 0.25) is 5.28 Å². The van der Waals surface area contributed by atoms with E-state index in [1.807, 2.05) is 0 Å². The van der Waals surface area contributed by atoms with Gasteiger partial charge in [0.1, 0.15) is 9.98 Å². The van der Waals surface area contributed by atoms with E-state index in [9.17, 15) is 0 Å². The summed E-state index contributed by atoms with van der Waals surface area (Å²) in [7, 11) is 0. The second-order valence-electron chi connectivity index (χ2n) is 3.67. The van der Waals surface area contributed by atoms with E-state index in [0.717, 1.165) is 23.1 Å². The molecule has 5 heteroatoms. The Hall–Kier alpha value is -0.380. The van der Waals surface area contributed by atoms with Crippen LogP contribution >= 0.6 is 34.5 Å². The Morgan fingerprint density at radius 3 is 2.73 bits per heavy atom. The Labute approximate surface area is 101 Å². The van der Waals surface area contributed by atoms with Gasteiger partial charge in [-0.3, -0.25) is 0 Å². The quantitative estimate of drug-likeness (QED) is 0.530. The number of aryl methyl sites for hydroxylation is 2. The van der Waals surface area contributed by atoms with Crippen LogP contribution in [0.25, 0.3) is 10.2 Å². The lowest BCUT2D eigenvalue weighted by Gasteiger charge is -2.10. The zero-order valence-electron chi connectivity index (χ0n) is 7.89. The van der Waals surface area contributed by atoms with Crippen LogP contribution in [0.2, 0.25) is 10.4 Å². The zero-order chi connectivity index (χ0) is 10.4. The fraction of sp³-hybridized carbons (Fsp3) is 0.400. The van der Waals surface area contributed by atoms with Gasteiger partial charge in [-0.2, -0.15) is 0 Å². The number of thiophene rings is 1. The molecule has 0 aliphatic heterocycles. The maximum Gasteiger partial charge on any atom is 0.225 e. The summed E-state index contributed by atoms with van der Waals surface area (Å²) in [5.74, 6) is 0. The van der Waals surface area contributed by atoms with Gasteiger partial charge < -0.3 is 0 Å². The lowest BCUT2D eigenvalue weighted by atomic mass is 9.97. The average Bonchev–Trinajstić information content (AvgIpc) is 2.54. The molecule has 0 unspecified atom stereocenters. The van der Waals surface area contributed by atoms with Gasteiger partial charge in [-0.25, -0.2) is 9.97 Å². The zero-order valence-corrected chi connectivity index (χ0v) is 10.2. The lowest BCUT2D eigenvalue weighted by Crippen LogP contribution is -1.98. The molecule has 1 aliphatic rings. The Bertz CT molecular complexity index is 536. The van der Waals surface area contributed by atoms with E-state index in [-0.39, 0.29) is 5.28 Å². The molecule has 2 heterocycles.